The maximum atomic E-state index is 12.6. The lowest BCUT2D eigenvalue weighted by atomic mass is 10.1. The van der Waals surface area contributed by atoms with Crippen molar-refractivity contribution in [2.24, 2.45) is 0 Å². The van der Waals surface area contributed by atoms with Gasteiger partial charge >= 0.3 is 0 Å². The van der Waals surface area contributed by atoms with Crippen LogP contribution in [0.15, 0.2) is 40.9 Å². The number of benzene rings is 2. The highest BCUT2D eigenvalue weighted by molar-refractivity contribution is 9.10. The Morgan fingerprint density at radius 3 is 2.48 bits per heavy atom. The quantitative estimate of drug-likeness (QED) is 0.790. The van der Waals surface area contributed by atoms with Crippen LogP contribution in [0.5, 0.6) is 11.5 Å². The van der Waals surface area contributed by atoms with Gasteiger partial charge in [0.25, 0.3) is 0 Å². The van der Waals surface area contributed by atoms with E-state index in [1.165, 1.54) is 0 Å². The number of carbonyl (C=O) groups is 1. The highest BCUT2D eigenvalue weighted by atomic mass is 79.9. The summed E-state index contributed by atoms with van der Waals surface area (Å²) in [6.07, 6.45) is 0.263. The van der Waals surface area contributed by atoms with E-state index in [4.69, 9.17) is 9.47 Å². The lowest BCUT2D eigenvalue weighted by molar-refractivity contribution is -0.117. The molecule has 0 spiro atoms. The molecule has 0 fully saturated rings. The molecule has 0 aliphatic heterocycles. The number of halogens is 1. The molecule has 0 aliphatic rings. The van der Waals surface area contributed by atoms with E-state index in [1.54, 1.807) is 32.2 Å². The summed E-state index contributed by atoms with van der Waals surface area (Å²) in [5.74, 6) is 1.35. The molecular formula is C18H20BrNO3. The Kier molecular flexibility index (Phi) is 5.66. The van der Waals surface area contributed by atoms with E-state index in [0.29, 0.717) is 11.5 Å². The SMILES string of the molecule is COc1ccc(CC(=O)N(C)c2ccc(Br)cc2C)c(OC)c1. The predicted octanol–water partition coefficient (Wildman–Crippen LogP) is 3.98. The molecule has 23 heavy (non-hydrogen) atoms. The van der Waals surface area contributed by atoms with Crippen LogP contribution in [0.4, 0.5) is 5.69 Å². The molecule has 0 aromatic heterocycles. The molecule has 2 aromatic rings. The first-order valence-corrected chi connectivity index (χ1v) is 7.99. The molecule has 5 heteroatoms. The first kappa shape index (κ1) is 17.3. The van der Waals surface area contributed by atoms with Crippen LogP contribution in [0, 0.1) is 6.92 Å². The van der Waals surface area contributed by atoms with Gasteiger partial charge in [-0.05, 0) is 36.8 Å². The minimum Gasteiger partial charge on any atom is -0.497 e. The van der Waals surface area contributed by atoms with Crippen LogP contribution >= 0.6 is 15.9 Å². The van der Waals surface area contributed by atoms with Gasteiger partial charge in [-0.1, -0.05) is 22.0 Å². The fraction of sp³-hybridized carbons (Fsp3) is 0.278. The molecule has 1 amide bonds. The topological polar surface area (TPSA) is 38.8 Å². The minimum atomic E-state index is -0.00103. The van der Waals surface area contributed by atoms with Crippen LogP contribution in [0.2, 0.25) is 0 Å². The molecule has 2 rings (SSSR count). The monoisotopic (exact) mass is 377 g/mol. The van der Waals surface area contributed by atoms with Crippen molar-refractivity contribution >= 4 is 27.5 Å². The molecule has 2 aromatic carbocycles. The van der Waals surface area contributed by atoms with Gasteiger partial charge in [0.15, 0.2) is 0 Å². The Labute approximate surface area is 145 Å². The van der Waals surface area contributed by atoms with Gasteiger partial charge in [0.2, 0.25) is 5.91 Å². The lowest BCUT2D eigenvalue weighted by Gasteiger charge is -2.20. The summed E-state index contributed by atoms with van der Waals surface area (Å²) in [5.41, 5.74) is 2.77. The van der Waals surface area contributed by atoms with Crippen LogP contribution in [-0.4, -0.2) is 27.2 Å². The standard InChI is InChI=1S/C18H20BrNO3/c1-12-9-14(19)6-8-16(12)20(2)18(21)10-13-5-7-15(22-3)11-17(13)23-4/h5-9,11H,10H2,1-4H3. The van der Waals surface area contributed by atoms with Crippen LogP contribution in [-0.2, 0) is 11.2 Å². The number of hydrogen-bond acceptors (Lipinski definition) is 3. The molecular weight excluding hydrogens is 358 g/mol. The van der Waals surface area contributed by atoms with Crippen molar-refractivity contribution in [2.45, 2.75) is 13.3 Å². The fourth-order valence-electron chi connectivity index (χ4n) is 2.41. The van der Waals surface area contributed by atoms with Crippen molar-refractivity contribution in [3.63, 3.8) is 0 Å². The molecule has 0 bridgehead atoms. The van der Waals surface area contributed by atoms with E-state index in [2.05, 4.69) is 15.9 Å². The second kappa shape index (κ2) is 7.51. The molecule has 122 valence electrons. The number of hydrogen-bond donors (Lipinski definition) is 0. The van der Waals surface area contributed by atoms with E-state index in [9.17, 15) is 4.79 Å². The van der Waals surface area contributed by atoms with Crippen LogP contribution in [0.1, 0.15) is 11.1 Å². The Bertz CT molecular complexity index is 715. The zero-order chi connectivity index (χ0) is 17.0. The maximum absolute atomic E-state index is 12.6. The van der Waals surface area contributed by atoms with Crippen molar-refractivity contribution in [1.29, 1.82) is 0 Å². The van der Waals surface area contributed by atoms with Gasteiger partial charge in [-0.2, -0.15) is 0 Å². The molecule has 0 N–H and O–H groups in total. The number of aryl methyl sites for hydroxylation is 1. The Morgan fingerprint density at radius 1 is 1.13 bits per heavy atom. The number of likely N-dealkylation sites (N-methyl/N-ethyl adjacent to an activating group) is 1. The van der Waals surface area contributed by atoms with Crippen molar-refractivity contribution in [3.8, 4) is 11.5 Å². The number of methoxy groups -OCH3 is 2. The maximum Gasteiger partial charge on any atom is 0.231 e. The highest BCUT2D eigenvalue weighted by Crippen LogP contribution is 2.27. The van der Waals surface area contributed by atoms with Gasteiger partial charge in [-0.3, -0.25) is 4.79 Å². The molecule has 0 aliphatic carbocycles. The van der Waals surface area contributed by atoms with E-state index in [-0.39, 0.29) is 12.3 Å². The predicted molar refractivity (Wildman–Crippen MR) is 95.5 cm³/mol. The van der Waals surface area contributed by atoms with Crippen molar-refractivity contribution < 1.29 is 14.3 Å². The van der Waals surface area contributed by atoms with Crippen molar-refractivity contribution in [2.75, 3.05) is 26.2 Å². The van der Waals surface area contributed by atoms with E-state index < -0.39 is 0 Å². The van der Waals surface area contributed by atoms with Gasteiger partial charge in [-0.25, -0.2) is 0 Å². The highest BCUT2D eigenvalue weighted by Gasteiger charge is 2.16. The molecule has 0 saturated heterocycles. The average Bonchev–Trinajstić information content (AvgIpc) is 2.54. The number of amides is 1. The van der Waals surface area contributed by atoms with Gasteiger partial charge in [0, 0.05) is 28.8 Å². The van der Waals surface area contributed by atoms with Gasteiger partial charge in [0.1, 0.15) is 11.5 Å². The second-order valence-electron chi connectivity index (χ2n) is 5.24. The number of rotatable bonds is 5. The summed E-state index contributed by atoms with van der Waals surface area (Å²) in [6.45, 7) is 1.98. The third-order valence-electron chi connectivity index (χ3n) is 3.73. The number of ether oxygens (including phenoxy) is 2. The molecule has 4 nitrogen and oxygen atoms in total. The first-order chi connectivity index (χ1) is 11.0. The summed E-state index contributed by atoms with van der Waals surface area (Å²) in [5, 5.41) is 0. The summed E-state index contributed by atoms with van der Waals surface area (Å²) >= 11 is 3.44. The molecule has 0 atom stereocenters. The lowest BCUT2D eigenvalue weighted by Crippen LogP contribution is -2.28. The Morgan fingerprint density at radius 2 is 1.87 bits per heavy atom. The summed E-state index contributed by atoms with van der Waals surface area (Å²) < 4.78 is 11.5. The molecule has 0 saturated carbocycles. The molecule has 0 unspecified atom stereocenters. The smallest absolute Gasteiger partial charge is 0.231 e. The fourth-order valence-corrected chi connectivity index (χ4v) is 2.88. The van der Waals surface area contributed by atoms with E-state index in [0.717, 1.165) is 21.3 Å². The minimum absolute atomic E-state index is 0.00103. The van der Waals surface area contributed by atoms with Crippen molar-refractivity contribution in [1.82, 2.24) is 0 Å². The second-order valence-corrected chi connectivity index (χ2v) is 6.15. The normalized spacial score (nSPS) is 10.3. The first-order valence-electron chi connectivity index (χ1n) is 7.20. The van der Waals surface area contributed by atoms with Gasteiger partial charge in [-0.15, -0.1) is 0 Å². The van der Waals surface area contributed by atoms with Gasteiger partial charge in [0.05, 0.1) is 20.6 Å². The largest absolute Gasteiger partial charge is 0.497 e. The number of anilines is 1. The summed E-state index contributed by atoms with van der Waals surface area (Å²) in [7, 11) is 4.98. The van der Waals surface area contributed by atoms with Crippen LogP contribution in [0.25, 0.3) is 0 Å². The summed E-state index contributed by atoms with van der Waals surface area (Å²) in [6, 6.07) is 11.3. The number of carbonyl (C=O) groups excluding carboxylic acids is 1. The van der Waals surface area contributed by atoms with Crippen molar-refractivity contribution in [3.05, 3.63) is 52.0 Å². The Balaban J connectivity index is 2.21. The third-order valence-corrected chi connectivity index (χ3v) is 4.22. The van der Waals surface area contributed by atoms with E-state index in [1.807, 2.05) is 37.3 Å². The van der Waals surface area contributed by atoms with E-state index >= 15 is 0 Å². The van der Waals surface area contributed by atoms with Crippen LogP contribution < -0.4 is 14.4 Å². The number of nitrogens with zero attached hydrogens (tertiary/aromatic N) is 1. The van der Waals surface area contributed by atoms with Gasteiger partial charge < -0.3 is 14.4 Å². The third kappa shape index (κ3) is 4.05. The zero-order valence-corrected chi connectivity index (χ0v) is 15.3. The average molecular weight is 378 g/mol. The summed E-state index contributed by atoms with van der Waals surface area (Å²) in [4.78, 5) is 14.3. The molecule has 0 heterocycles. The Hall–Kier alpha value is -2.01. The van der Waals surface area contributed by atoms with Crippen LogP contribution in [0.3, 0.4) is 0 Å². The molecule has 0 radical (unpaired) electrons. The zero-order valence-electron chi connectivity index (χ0n) is 13.7.